The van der Waals surface area contributed by atoms with Crippen LogP contribution in [0.1, 0.15) is 37.0 Å². The van der Waals surface area contributed by atoms with E-state index < -0.39 is 18.1 Å². The number of benzene rings is 1. The van der Waals surface area contributed by atoms with E-state index in [0.717, 1.165) is 4.90 Å². The number of carbonyl (C=O) groups excluding carboxylic acids is 3. The fraction of sp³-hybridized carbons (Fsp3) is 0.400. The number of Topliss-reactive ketones (excluding diaryl/α,β-unsaturated/α-hetero) is 1. The molecule has 4 nitrogen and oxygen atoms in total. The van der Waals surface area contributed by atoms with Gasteiger partial charge in [0.1, 0.15) is 5.82 Å². The molecule has 2 rings (SSSR count). The molecule has 0 spiro atoms. The lowest BCUT2D eigenvalue weighted by Gasteiger charge is -2.34. The molecule has 1 aromatic rings. The van der Waals surface area contributed by atoms with E-state index >= 15 is 0 Å². The first-order valence-corrected chi connectivity index (χ1v) is 6.41. The summed E-state index contributed by atoms with van der Waals surface area (Å²) in [4.78, 5) is 36.8. The lowest BCUT2D eigenvalue weighted by molar-refractivity contribution is -0.151. The summed E-state index contributed by atoms with van der Waals surface area (Å²) in [5.74, 6) is -1.97. The Balaban J connectivity index is 2.14. The van der Waals surface area contributed by atoms with Crippen molar-refractivity contribution in [2.45, 2.75) is 26.7 Å². The van der Waals surface area contributed by atoms with Gasteiger partial charge in [-0.05, 0) is 17.5 Å². The Hall–Kier alpha value is -2.04. The summed E-state index contributed by atoms with van der Waals surface area (Å²) in [5, 5.41) is 0. The van der Waals surface area contributed by atoms with E-state index in [0.29, 0.717) is 0 Å². The lowest BCUT2D eigenvalue weighted by atomic mass is 9.81. The van der Waals surface area contributed by atoms with Gasteiger partial charge >= 0.3 is 0 Å². The van der Waals surface area contributed by atoms with Crippen LogP contribution in [-0.4, -0.2) is 29.0 Å². The zero-order valence-corrected chi connectivity index (χ0v) is 11.5. The molecule has 0 atom stereocenters. The van der Waals surface area contributed by atoms with Crippen LogP contribution in [0.3, 0.4) is 0 Å². The number of ketones is 1. The quantitative estimate of drug-likeness (QED) is 0.628. The zero-order valence-electron chi connectivity index (χ0n) is 11.5. The molecule has 2 amide bonds. The second kappa shape index (κ2) is 5.15. The number of hydrogen-bond acceptors (Lipinski definition) is 3. The number of halogens is 1. The van der Waals surface area contributed by atoms with Gasteiger partial charge in [0.2, 0.25) is 11.8 Å². The van der Waals surface area contributed by atoms with Gasteiger partial charge in [-0.2, -0.15) is 0 Å². The molecule has 0 bridgehead atoms. The standard InChI is InChI=1S/C15H16FNO3/c1-15(2)7-13(19)17(14(20)8-15)9-12(18)10-5-3-4-6-11(10)16/h3-6H,7-9H2,1-2H3. The molecule has 20 heavy (non-hydrogen) atoms. The smallest absolute Gasteiger partial charge is 0.230 e. The Kier molecular flexibility index (Phi) is 3.70. The molecule has 0 radical (unpaired) electrons. The molecule has 1 fully saturated rings. The molecule has 5 heteroatoms. The molecule has 1 saturated heterocycles. The molecule has 0 saturated carbocycles. The number of rotatable bonds is 3. The lowest BCUT2D eigenvalue weighted by Crippen LogP contribution is -2.48. The van der Waals surface area contributed by atoms with Crippen LogP contribution >= 0.6 is 0 Å². The first-order chi connectivity index (χ1) is 9.30. The molecular formula is C15H16FNO3. The third kappa shape index (κ3) is 2.92. The van der Waals surface area contributed by atoms with Gasteiger partial charge in [-0.15, -0.1) is 0 Å². The second-order valence-corrected chi connectivity index (χ2v) is 5.79. The minimum atomic E-state index is -0.644. The van der Waals surface area contributed by atoms with Crippen molar-refractivity contribution in [2.24, 2.45) is 5.41 Å². The van der Waals surface area contributed by atoms with Crippen LogP contribution in [-0.2, 0) is 9.59 Å². The van der Waals surface area contributed by atoms with Crippen molar-refractivity contribution in [3.05, 3.63) is 35.6 Å². The average molecular weight is 277 g/mol. The highest BCUT2D eigenvalue weighted by molar-refractivity contribution is 6.06. The number of carbonyl (C=O) groups is 3. The van der Waals surface area contributed by atoms with E-state index in [4.69, 9.17) is 0 Å². The first-order valence-electron chi connectivity index (χ1n) is 6.41. The van der Waals surface area contributed by atoms with Crippen LogP contribution in [0.4, 0.5) is 4.39 Å². The van der Waals surface area contributed by atoms with Crippen LogP contribution in [0.15, 0.2) is 24.3 Å². The molecule has 1 aromatic carbocycles. The monoisotopic (exact) mass is 277 g/mol. The van der Waals surface area contributed by atoms with Gasteiger partial charge in [0.25, 0.3) is 0 Å². The fourth-order valence-corrected chi connectivity index (χ4v) is 2.30. The van der Waals surface area contributed by atoms with Crippen LogP contribution in [0.5, 0.6) is 0 Å². The van der Waals surface area contributed by atoms with Crippen molar-refractivity contribution in [3.8, 4) is 0 Å². The molecule has 1 aliphatic heterocycles. The highest BCUT2D eigenvalue weighted by Crippen LogP contribution is 2.31. The van der Waals surface area contributed by atoms with Gasteiger partial charge in [0, 0.05) is 12.8 Å². The molecule has 1 aliphatic rings. The van der Waals surface area contributed by atoms with Gasteiger partial charge in [-0.25, -0.2) is 4.39 Å². The van der Waals surface area contributed by atoms with Crippen molar-refractivity contribution in [1.29, 1.82) is 0 Å². The maximum Gasteiger partial charge on any atom is 0.230 e. The number of piperidine rings is 1. The van der Waals surface area contributed by atoms with Crippen LogP contribution in [0.2, 0.25) is 0 Å². The number of imide groups is 1. The summed E-state index contributed by atoms with van der Waals surface area (Å²) in [5.41, 5.74) is -0.482. The Morgan fingerprint density at radius 3 is 2.30 bits per heavy atom. The first kappa shape index (κ1) is 14.4. The zero-order chi connectivity index (χ0) is 14.9. The number of nitrogens with zero attached hydrogens (tertiary/aromatic N) is 1. The predicted molar refractivity (Wildman–Crippen MR) is 70.5 cm³/mol. The van der Waals surface area contributed by atoms with Crippen molar-refractivity contribution >= 4 is 17.6 Å². The highest BCUT2D eigenvalue weighted by atomic mass is 19.1. The Labute approximate surface area is 116 Å². The normalized spacial score (nSPS) is 18.2. The number of hydrogen-bond donors (Lipinski definition) is 0. The van der Waals surface area contributed by atoms with E-state index in [-0.39, 0.29) is 35.6 Å². The predicted octanol–water partition coefficient (Wildman–Crippen LogP) is 2.18. The molecule has 0 unspecified atom stereocenters. The molecule has 106 valence electrons. The number of amides is 2. The third-order valence-corrected chi connectivity index (χ3v) is 3.34. The van der Waals surface area contributed by atoms with E-state index in [2.05, 4.69) is 0 Å². The van der Waals surface area contributed by atoms with Gasteiger partial charge in [-0.1, -0.05) is 26.0 Å². The molecule has 0 N–H and O–H groups in total. The van der Waals surface area contributed by atoms with E-state index in [9.17, 15) is 18.8 Å². The fourth-order valence-electron chi connectivity index (χ4n) is 2.30. The number of likely N-dealkylation sites (tertiary alicyclic amines) is 1. The van der Waals surface area contributed by atoms with Crippen molar-refractivity contribution in [1.82, 2.24) is 4.90 Å². The van der Waals surface area contributed by atoms with Gasteiger partial charge in [0.15, 0.2) is 5.78 Å². The van der Waals surface area contributed by atoms with Crippen LogP contribution in [0.25, 0.3) is 0 Å². The van der Waals surface area contributed by atoms with Gasteiger partial charge in [0.05, 0.1) is 12.1 Å². The summed E-state index contributed by atoms with van der Waals surface area (Å²) >= 11 is 0. The molecule has 0 aliphatic carbocycles. The van der Waals surface area contributed by atoms with Crippen molar-refractivity contribution in [3.63, 3.8) is 0 Å². The second-order valence-electron chi connectivity index (χ2n) is 5.79. The van der Waals surface area contributed by atoms with Crippen LogP contribution < -0.4 is 0 Å². The summed E-state index contributed by atoms with van der Waals surface area (Å²) in [6, 6.07) is 5.54. The van der Waals surface area contributed by atoms with E-state index in [1.165, 1.54) is 18.2 Å². The Bertz CT molecular complexity index is 560. The van der Waals surface area contributed by atoms with E-state index in [1.54, 1.807) is 6.07 Å². The van der Waals surface area contributed by atoms with Crippen molar-refractivity contribution < 1.29 is 18.8 Å². The maximum atomic E-state index is 13.5. The summed E-state index contributed by atoms with van der Waals surface area (Å²) in [7, 11) is 0. The SMILES string of the molecule is CC1(C)CC(=O)N(CC(=O)c2ccccc2F)C(=O)C1. The van der Waals surface area contributed by atoms with Crippen molar-refractivity contribution in [2.75, 3.05) is 6.54 Å². The third-order valence-electron chi connectivity index (χ3n) is 3.34. The molecule has 1 heterocycles. The minimum Gasteiger partial charge on any atom is -0.292 e. The Morgan fingerprint density at radius 1 is 1.20 bits per heavy atom. The van der Waals surface area contributed by atoms with E-state index in [1.807, 2.05) is 13.8 Å². The molecule has 0 aromatic heterocycles. The summed E-state index contributed by atoms with van der Waals surface area (Å²) in [6.07, 6.45) is 0.423. The minimum absolute atomic E-state index is 0.0991. The van der Waals surface area contributed by atoms with Crippen LogP contribution in [0, 0.1) is 11.2 Å². The topological polar surface area (TPSA) is 54.5 Å². The largest absolute Gasteiger partial charge is 0.292 e. The summed E-state index contributed by atoms with van der Waals surface area (Å²) in [6.45, 7) is 3.27. The Morgan fingerprint density at radius 2 is 1.75 bits per heavy atom. The highest BCUT2D eigenvalue weighted by Gasteiger charge is 2.38. The average Bonchev–Trinajstić information content (AvgIpc) is 2.33. The maximum absolute atomic E-state index is 13.5. The summed E-state index contributed by atoms with van der Waals surface area (Å²) < 4.78 is 13.5. The van der Waals surface area contributed by atoms with Gasteiger partial charge < -0.3 is 0 Å². The molecular weight excluding hydrogens is 261 g/mol. The van der Waals surface area contributed by atoms with Gasteiger partial charge in [-0.3, -0.25) is 19.3 Å².